The summed E-state index contributed by atoms with van der Waals surface area (Å²) in [7, 11) is 1.28. The first-order valence-electron chi connectivity index (χ1n) is 5.20. The normalized spacial score (nSPS) is 25.7. The van der Waals surface area contributed by atoms with Crippen LogP contribution in [0, 0.1) is 5.92 Å². The van der Waals surface area contributed by atoms with Crippen molar-refractivity contribution in [2.75, 3.05) is 20.2 Å². The molecule has 1 amide bonds. The van der Waals surface area contributed by atoms with E-state index < -0.39 is 5.97 Å². The standard InChI is InChI=1S/C10H18N2O3/c1-7-3-4-11-6-8(7)12-9(13)5-10(14)15-2/h7-8,11H,3-6H2,1-2H3,(H,12,13). The molecule has 1 heterocycles. The van der Waals surface area contributed by atoms with Crippen LogP contribution in [0.2, 0.25) is 0 Å². The summed E-state index contributed by atoms with van der Waals surface area (Å²) in [5, 5.41) is 6.04. The number of rotatable bonds is 3. The second kappa shape index (κ2) is 5.70. The molecule has 5 nitrogen and oxygen atoms in total. The van der Waals surface area contributed by atoms with Crippen molar-refractivity contribution < 1.29 is 14.3 Å². The number of ether oxygens (including phenoxy) is 1. The average Bonchev–Trinajstić information content (AvgIpc) is 2.21. The van der Waals surface area contributed by atoms with Gasteiger partial charge in [-0.15, -0.1) is 0 Å². The van der Waals surface area contributed by atoms with Crippen LogP contribution in [0.4, 0.5) is 0 Å². The molecule has 5 heteroatoms. The van der Waals surface area contributed by atoms with Crippen molar-refractivity contribution in [3.63, 3.8) is 0 Å². The zero-order valence-corrected chi connectivity index (χ0v) is 9.21. The molecule has 2 N–H and O–H groups in total. The summed E-state index contributed by atoms with van der Waals surface area (Å²) >= 11 is 0. The first-order valence-corrected chi connectivity index (χ1v) is 5.20. The van der Waals surface area contributed by atoms with Gasteiger partial charge in [-0.25, -0.2) is 0 Å². The van der Waals surface area contributed by atoms with Crippen LogP contribution in [0.15, 0.2) is 0 Å². The molecule has 0 aromatic rings. The lowest BCUT2D eigenvalue weighted by atomic mass is 9.95. The smallest absolute Gasteiger partial charge is 0.315 e. The Kier molecular flexibility index (Phi) is 4.55. The Labute approximate surface area is 89.6 Å². The largest absolute Gasteiger partial charge is 0.469 e. The minimum atomic E-state index is -0.496. The first kappa shape index (κ1) is 12.0. The fraction of sp³-hybridized carbons (Fsp3) is 0.800. The van der Waals surface area contributed by atoms with Crippen LogP contribution >= 0.6 is 0 Å². The Balaban J connectivity index is 2.33. The summed E-state index contributed by atoms with van der Waals surface area (Å²) in [4.78, 5) is 22.2. The number of nitrogens with one attached hydrogen (secondary N) is 2. The molecule has 0 spiro atoms. The number of hydrogen-bond acceptors (Lipinski definition) is 4. The van der Waals surface area contributed by atoms with E-state index in [9.17, 15) is 9.59 Å². The summed E-state index contributed by atoms with van der Waals surface area (Å²) in [5.74, 6) is -0.306. The van der Waals surface area contributed by atoms with E-state index in [1.54, 1.807) is 0 Å². The van der Waals surface area contributed by atoms with Crippen molar-refractivity contribution in [2.45, 2.75) is 25.8 Å². The van der Waals surface area contributed by atoms with Gasteiger partial charge in [0, 0.05) is 12.6 Å². The third-order valence-corrected chi connectivity index (χ3v) is 2.71. The molecule has 0 aromatic carbocycles. The van der Waals surface area contributed by atoms with Crippen LogP contribution < -0.4 is 10.6 Å². The van der Waals surface area contributed by atoms with Crippen LogP contribution in [-0.4, -0.2) is 38.1 Å². The van der Waals surface area contributed by atoms with Gasteiger partial charge in [0.05, 0.1) is 7.11 Å². The van der Waals surface area contributed by atoms with Crippen LogP contribution in [0.5, 0.6) is 0 Å². The lowest BCUT2D eigenvalue weighted by Crippen LogP contribution is -2.50. The van der Waals surface area contributed by atoms with Gasteiger partial charge in [-0.3, -0.25) is 9.59 Å². The first-order chi connectivity index (χ1) is 7.13. The van der Waals surface area contributed by atoms with Crippen LogP contribution in [0.1, 0.15) is 19.8 Å². The monoisotopic (exact) mass is 214 g/mol. The molecule has 1 saturated heterocycles. The van der Waals surface area contributed by atoms with Crippen molar-refractivity contribution in [3.05, 3.63) is 0 Å². The minimum absolute atomic E-state index is 0.121. The molecule has 1 aliphatic rings. The molecular formula is C10H18N2O3. The molecule has 86 valence electrons. The van der Waals surface area contributed by atoms with Gasteiger partial charge in [-0.05, 0) is 18.9 Å². The van der Waals surface area contributed by atoms with Gasteiger partial charge in [0.15, 0.2) is 0 Å². The average molecular weight is 214 g/mol. The van der Waals surface area contributed by atoms with Crippen molar-refractivity contribution >= 4 is 11.9 Å². The Bertz CT molecular complexity index is 243. The molecule has 0 saturated carbocycles. The highest BCUT2D eigenvalue weighted by Crippen LogP contribution is 2.11. The zero-order chi connectivity index (χ0) is 11.3. The molecule has 15 heavy (non-hydrogen) atoms. The maximum atomic E-state index is 11.4. The van der Waals surface area contributed by atoms with Crippen LogP contribution in [-0.2, 0) is 14.3 Å². The third kappa shape index (κ3) is 3.87. The van der Waals surface area contributed by atoms with Crippen molar-refractivity contribution in [3.8, 4) is 0 Å². The number of amides is 1. The summed E-state index contributed by atoms with van der Waals surface area (Å²) < 4.78 is 4.42. The highest BCUT2D eigenvalue weighted by molar-refractivity contribution is 5.94. The maximum absolute atomic E-state index is 11.4. The number of carbonyl (C=O) groups excluding carboxylic acids is 2. The molecule has 2 unspecified atom stereocenters. The molecule has 0 aromatic heterocycles. The van der Waals surface area contributed by atoms with E-state index in [0.717, 1.165) is 19.5 Å². The molecule has 0 aliphatic carbocycles. The van der Waals surface area contributed by atoms with E-state index in [0.29, 0.717) is 5.92 Å². The van der Waals surface area contributed by atoms with E-state index in [1.165, 1.54) is 7.11 Å². The Morgan fingerprint density at radius 2 is 2.27 bits per heavy atom. The number of methoxy groups -OCH3 is 1. The summed E-state index contributed by atoms with van der Waals surface area (Å²) in [6, 6.07) is 0.121. The van der Waals surface area contributed by atoms with Gasteiger partial charge in [-0.2, -0.15) is 0 Å². The lowest BCUT2D eigenvalue weighted by Gasteiger charge is -2.30. The van der Waals surface area contributed by atoms with Crippen molar-refractivity contribution in [1.82, 2.24) is 10.6 Å². The maximum Gasteiger partial charge on any atom is 0.315 e. The van der Waals surface area contributed by atoms with E-state index in [2.05, 4.69) is 22.3 Å². The summed E-state index contributed by atoms with van der Waals surface area (Å²) in [5.41, 5.74) is 0. The Morgan fingerprint density at radius 3 is 2.87 bits per heavy atom. The Morgan fingerprint density at radius 1 is 1.53 bits per heavy atom. The Hall–Kier alpha value is -1.10. The second-order valence-corrected chi connectivity index (χ2v) is 3.90. The number of esters is 1. The van der Waals surface area contributed by atoms with Gasteiger partial charge < -0.3 is 15.4 Å². The summed E-state index contributed by atoms with van der Waals surface area (Å²) in [6.45, 7) is 3.86. The van der Waals surface area contributed by atoms with E-state index in [4.69, 9.17) is 0 Å². The van der Waals surface area contributed by atoms with Gasteiger partial charge in [0.2, 0.25) is 5.91 Å². The van der Waals surface area contributed by atoms with E-state index in [1.807, 2.05) is 0 Å². The number of hydrogen-bond donors (Lipinski definition) is 2. The van der Waals surface area contributed by atoms with Crippen LogP contribution in [0.3, 0.4) is 0 Å². The fourth-order valence-corrected chi connectivity index (χ4v) is 1.64. The van der Waals surface area contributed by atoms with Gasteiger partial charge in [0.25, 0.3) is 0 Å². The van der Waals surface area contributed by atoms with Gasteiger partial charge >= 0.3 is 5.97 Å². The zero-order valence-electron chi connectivity index (χ0n) is 9.21. The minimum Gasteiger partial charge on any atom is -0.469 e. The highest BCUT2D eigenvalue weighted by Gasteiger charge is 2.23. The molecule has 1 aliphatic heterocycles. The lowest BCUT2D eigenvalue weighted by molar-refractivity contribution is -0.144. The molecule has 1 rings (SSSR count). The highest BCUT2D eigenvalue weighted by atomic mass is 16.5. The fourth-order valence-electron chi connectivity index (χ4n) is 1.64. The third-order valence-electron chi connectivity index (χ3n) is 2.71. The quantitative estimate of drug-likeness (QED) is 0.498. The van der Waals surface area contributed by atoms with Crippen molar-refractivity contribution in [1.29, 1.82) is 0 Å². The topological polar surface area (TPSA) is 67.4 Å². The molecule has 0 radical (unpaired) electrons. The number of carbonyl (C=O) groups is 2. The van der Waals surface area contributed by atoms with Crippen molar-refractivity contribution in [2.24, 2.45) is 5.92 Å². The molecule has 1 fully saturated rings. The molecule has 0 bridgehead atoms. The van der Waals surface area contributed by atoms with Crippen LogP contribution in [0.25, 0.3) is 0 Å². The van der Waals surface area contributed by atoms with Gasteiger partial charge in [0.1, 0.15) is 6.42 Å². The van der Waals surface area contributed by atoms with Gasteiger partial charge in [-0.1, -0.05) is 6.92 Å². The van der Waals surface area contributed by atoms with E-state index in [-0.39, 0.29) is 18.4 Å². The summed E-state index contributed by atoms with van der Waals surface area (Å²) in [6.07, 6.45) is 0.850. The van der Waals surface area contributed by atoms with E-state index >= 15 is 0 Å². The molecule has 2 atom stereocenters. The predicted molar refractivity (Wildman–Crippen MR) is 55.2 cm³/mol. The SMILES string of the molecule is COC(=O)CC(=O)NC1CNCCC1C. The number of piperidine rings is 1. The molecular weight excluding hydrogens is 196 g/mol. The predicted octanol–water partition coefficient (Wildman–Crippen LogP) is -0.336. The second-order valence-electron chi connectivity index (χ2n) is 3.90.